The van der Waals surface area contributed by atoms with E-state index in [-0.39, 0.29) is 23.3 Å². The Bertz CT molecular complexity index is 1140. The van der Waals surface area contributed by atoms with Crippen molar-refractivity contribution in [2.24, 2.45) is 5.92 Å². The molecule has 3 aromatic rings. The van der Waals surface area contributed by atoms with Gasteiger partial charge in [-0.15, -0.1) is 0 Å². The molecule has 29 heavy (non-hydrogen) atoms. The van der Waals surface area contributed by atoms with E-state index in [1.807, 2.05) is 19.9 Å². The molecule has 4 heterocycles. The summed E-state index contributed by atoms with van der Waals surface area (Å²) in [5, 5.41) is 9.49. The lowest BCUT2D eigenvalue weighted by molar-refractivity contribution is -0.139. The van der Waals surface area contributed by atoms with Gasteiger partial charge in [0.05, 0.1) is 6.42 Å². The fraction of sp³-hybridized carbons (Fsp3) is 0.400. The summed E-state index contributed by atoms with van der Waals surface area (Å²) in [5.74, 6) is 6.68. The number of hydrogen-bond acceptors (Lipinski definition) is 6. The molecule has 0 aliphatic carbocycles. The van der Waals surface area contributed by atoms with Gasteiger partial charge in [-0.3, -0.25) is 9.36 Å². The Labute approximate surface area is 171 Å². The number of rotatable bonds is 4. The molecule has 1 N–H and O–H groups in total. The standard InChI is InChI=1S/C20H19ClN4O4/c1-3-4-5-14-22-17(21)16-19(23-14)25(18(24-16)13-7-6-11(2)29-13)20-12(8-9-28-20)10-15(26)27/h6-7,12,20H,3,8-10H2,1-2H3,(H,26,27)/t12-,20-/m1/s1. The zero-order valence-electron chi connectivity index (χ0n) is 16.0. The van der Waals surface area contributed by atoms with Crippen LogP contribution in [-0.2, 0) is 9.53 Å². The van der Waals surface area contributed by atoms with Gasteiger partial charge in [-0.2, -0.15) is 0 Å². The van der Waals surface area contributed by atoms with Crippen LogP contribution in [0.4, 0.5) is 0 Å². The number of ether oxygens (including phenoxy) is 1. The number of aromatic nitrogens is 4. The van der Waals surface area contributed by atoms with Gasteiger partial charge in [0.2, 0.25) is 5.82 Å². The second kappa shape index (κ2) is 7.85. The molecule has 9 heteroatoms. The predicted octanol–water partition coefficient (Wildman–Crippen LogP) is 3.82. The van der Waals surface area contributed by atoms with Crippen LogP contribution in [-0.4, -0.2) is 37.2 Å². The summed E-state index contributed by atoms with van der Waals surface area (Å²) in [6, 6.07) is 3.63. The lowest BCUT2D eigenvalue weighted by Crippen LogP contribution is -2.19. The number of aliphatic carboxylic acids is 1. The Morgan fingerprint density at radius 2 is 2.21 bits per heavy atom. The molecule has 8 nitrogen and oxygen atoms in total. The average molecular weight is 415 g/mol. The second-order valence-corrected chi connectivity index (χ2v) is 7.15. The molecule has 0 saturated carbocycles. The maximum Gasteiger partial charge on any atom is 0.303 e. The Morgan fingerprint density at radius 3 is 2.90 bits per heavy atom. The summed E-state index contributed by atoms with van der Waals surface area (Å²) < 4.78 is 13.5. The summed E-state index contributed by atoms with van der Waals surface area (Å²) in [6.07, 6.45) is 0.688. The van der Waals surface area contributed by atoms with Gasteiger partial charge in [-0.25, -0.2) is 15.0 Å². The predicted molar refractivity (Wildman–Crippen MR) is 105 cm³/mol. The third kappa shape index (κ3) is 3.71. The molecule has 1 aliphatic rings. The summed E-state index contributed by atoms with van der Waals surface area (Å²) in [6.45, 7) is 4.21. The molecule has 0 unspecified atom stereocenters. The quantitative estimate of drug-likeness (QED) is 0.511. The van der Waals surface area contributed by atoms with Crippen LogP contribution in [0.3, 0.4) is 0 Å². The van der Waals surface area contributed by atoms with Gasteiger partial charge in [0.1, 0.15) is 17.5 Å². The van der Waals surface area contributed by atoms with Crippen LogP contribution in [0.2, 0.25) is 5.15 Å². The van der Waals surface area contributed by atoms with Gasteiger partial charge in [0.15, 0.2) is 22.4 Å². The van der Waals surface area contributed by atoms with Crippen molar-refractivity contribution in [2.45, 2.75) is 39.3 Å². The Hall–Kier alpha value is -2.89. The maximum absolute atomic E-state index is 11.4. The molecule has 0 amide bonds. The highest BCUT2D eigenvalue weighted by Gasteiger charge is 2.36. The van der Waals surface area contributed by atoms with Crippen molar-refractivity contribution in [2.75, 3.05) is 6.61 Å². The molecule has 1 fully saturated rings. The van der Waals surface area contributed by atoms with Crippen molar-refractivity contribution < 1.29 is 19.1 Å². The molecule has 0 aromatic carbocycles. The lowest BCUT2D eigenvalue weighted by atomic mass is 10.0. The topological polar surface area (TPSA) is 103 Å². The monoisotopic (exact) mass is 414 g/mol. The molecule has 3 aromatic heterocycles. The Balaban J connectivity index is 1.95. The minimum Gasteiger partial charge on any atom is -0.481 e. The number of carboxylic acids is 1. The smallest absolute Gasteiger partial charge is 0.303 e. The lowest BCUT2D eigenvalue weighted by Gasteiger charge is -2.20. The first-order valence-electron chi connectivity index (χ1n) is 9.32. The van der Waals surface area contributed by atoms with E-state index in [1.54, 1.807) is 10.6 Å². The van der Waals surface area contributed by atoms with Crippen molar-refractivity contribution in [3.63, 3.8) is 0 Å². The number of aryl methyl sites for hydroxylation is 1. The van der Waals surface area contributed by atoms with Crippen molar-refractivity contribution >= 4 is 28.7 Å². The van der Waals surface area contributed by atoms with Crippen molar-refractivity contribution in [1.82, 2.24) is 19.5 Å². The van der Waals surface area contributed by atoms with Crippen LogP contribution >= 0.6 is 11.6 Å². The van der Waals surface area contributed by atoms with Crippen LogP contribution in [0.1, 0.15) is 44.0 Å². The normalized spacial score (nSPS) is 18.7. The Morgan fingerprint density at radius 1 is 1.38 bits per heavy atom. The molecule has 150 valence electrons. The largest absolute Gasteiger partial charge is 0.481 e. The van der Waals surface area contributed by atoms with Crippen molar-refractivity contribution in [3.8, 4) is 23.4 Å². The summed E-state index contributed by atoms with van der Waals surface area (Å²) in [4.78, 5) is 24.7. The number of halogens is 1. The van der Waals surface area contributed by atoms with Gasteiger partial charge in [0.25, 0.3) is 0 Å². The first-order chi connectivity index (χ1) is 14.0. The third-order valence-electron chi connectivity index (χ3n) is 4.71. The summed E-state index contributed by atoms with van der Waals surface area (Å²) in [5.41, 5.74) is 0.832. The number of fused-ring (bicyclic) bond motifs is 1. The maximum atomic E-state index is 11.4. The van der Waals surface area contributed by atoms with Crippen LogP contribution in [0.15, 0.2) is 16.5 Å². The van der Waals surface area contributed by atoms with E-state index in [4.69, 9.17) is 20.8 Å². The van der Waals surface area contributed by atoms with Crippen molar-refractivity contribution in [3.05, 3.63) is 28.9 Å². The van der Waals surface area contributed by atoms with E-state index < -0.39 is 12.2 Å². The number of imidazole rings is 1. The Kier molecular flexibility index (Phi) is 5.26. The highest BCUT2D eigenvalue weighted by atomic mass is 35.5. The molecule has 0 radical (unpaired) electrons. The fourth-order valence-electron chi connectivity index (χ4n) is 3.46. The molecule has 4 rings (SSSR count). The van der Waals surface area contributed by atoms with Gasteiger partial charge in [-0.05, 0) is 31.4 Å². The van der Waals surface area contributed by atoms with E-state index in [9.17, 15) is 9.90 Å². The minimum absolute atomic E-state index is 0.0255. The first kappa shape index (κ1) is 19.4. The highest BCUT2D eigenvalue weighted by Crippen LogP contribution is 2.39. The zero-order chi connectivity index (χ0) is 20.5. The minimum atomic E-state index is -0.882. The van der Waals surface area contributed by atoms with Gasteiger partial charge >= 0.3 is 5.97 Å². The van der Waals surface area contributed by atoms with E-state index in [2.05, 4.69) is 26.8 Å². The molecular weight excluding hydrogens is 396 g/mol. The third-order valence-corrected chi connectivity index (χ3v) is 4.97. The molecular formula is C20H19ClN4O4. The van der Waals surface area contributed by atoms with Crippen LogP contribution in [0.25, 0.3) is 22.7 Å². The fourth-order valence-corrected chi connectivity index (χ4v) is 3.67. The number of carboxylic acid groups (broad SMARTS) is 1. The van der Waals surface area contributed by atoms with E-state index in [0.29, 0.717) is 42.2 Å². The highest BCUT2D eigenvalue weighted by molar-refractivity contribution is 6.33. The summed E-state index contributed by atoms with van der Waals surface area (Å²) in [7, 11) is 0. The van der Waals surface area contributed by atoms with Gasteiger partial charge in [-0.1, -0.05) is 24.4 Å². The molecule has 1 aliphatic heterocycles. The summed E-state index contributed by atoms with van der Waals surface area (Å²) >= 11 is 6.39. The first-order valence-corrected chi connectivity index (χ1v) is 9.70. The van der Waals surface area contributed by atoms with E-state index in [0.717, 1.165) is 5.76 Å². The molecule has 0 bridgehead atoms. The zero-order valence-corrected chi connectivity index (χ0v) is 16.7. The van der Waals surface area contributed by atoms with Gasteiger partial charge in [0, 0.05) is 18.9 Å². The molecule has 2 atom stereocenters. The van der Waals surface area contributed by atoms with E-state index in [1.165, 1.54) is 0 Å². The number of furan rings is 1. The number of carbonyl (C=O) groups is 1. The van der Waals surface area contributed by atoms with Crippen LogP contribution in [0, 0.1) is 24.7 Å². The second-order valence-electron chi connectivity index (χ2n) is 6.79. The van der Waals surface area contributed by atoms with Crippen LogP contribution in [0.5, 0.6) is 0 Å². The van der Waals surface area contributed by atoms with Crippen LogP contribution < -0.4 is 0 Å². The SMILES string of the molecule is CCC#Cc1nc(Cl)c2nc(-c3ccc(C)o3)n([C@@H]3OCC[C@@H]3CC(=O)O)c2n1. The van der Waals surface area contributed by atoms with Gasteiger partial charge < -0.3 is 14.3 Å². The average Bonchev–Trinajstić information content (AvgIpc) is 3.37. The number of nitrogens with zero attached hydrogens (tertiary/aromatic N) is 4. The van der Waals surface area contributed by atoms with Crippen molar-refractivity contribution in [1.29, 1.82) is 0 Å². The molecule has 1 saturated heterocycles. The molecule has 0 spiro atoms. The number of hydrogen-bond donors (Lipinski definition) is 1. The van der Waals surface area contributed by atoms with E-state index >= 15 is 0 Å².